The van der Waals surface area contributed by atoms with Crippen molar-refractivity contribution >= 4 is 46.3 Å². The number of rotatable bonds is 14. The van der Waals surface area contributed by atoms with E-state index in [9.17, 15) is 23.2 Å². The molecule has 2 amide bonds. The number of benzene rings is 1. The number of anilines is 4. The molecule has 4 aliphatic heterocycles. The summed E-state index contributed by atoms with van der Waals surface area (Å²) in [5.74, 6) is 5.52. The van der Waals surface area contributed by atoms with E-state index in [-0.39, 0.29) is 55.0 Å². The van der Waals surface area contributed by atoms with Crippen molar-refractivity contribution in [3.63, 3.8) is 0 Å². The first-order valence-electron chi connectivity index (χ1n) is 21.8. The maximum atomic E-state index is 14.3. The van der Waals surface area contributed by atoms with E-state index in [1.54, 1.807) is 10.9 Å². The molecule has 0 spiro atoms. The summed E-state index contributed by atoms with van der Waals surface area (Å²) in [5.41, 5.74) is 8.24. The van der Waals surface area contributed by atoms with E-state index in [0.29, 0.717) is 24.8 Å². The summed E-state index contributed by atoms with van der Waals surface area (Å²) in [6.07, 6.45) is 8.35. The molecule has 7 heterocycles. The van der Waals surface area contributed by atoms with Gasteiger partial charge in [-0.2, -0.15) is 10.2 Å². The number of carboxylic acids is 1. The summed E-state index contributed by atoms with van der Waals surface area (Å²) in [6.45, 7) is 4.88. The van der Waals surface area contributed by atoms with Gasteiger partial charge in [-0.3, -0.25) is 19.1 Å². The zero-order valence-electron chi connectivity index (χ0n) is 35.2. The number of nitrogens with zero attached hydrogens (tertiary/aromatic N) is 9. The number of hydrogen-bond acceptors (Lipinski definition) is 12. The summed E-state index contributed by atoms with van der Waals surface area (Å²) in [4.78, 5) is 50.2. The van der Waals surface area contributed by atoms with E-state index in [4.69, 9.17) is 25.3 Å². The summed E-state index contributed by atoms with van der Waals surface area (Å²) >= 11 is 0. The number of aliphatic carboxylic acids is 1. The van der Waals surface area contributed by atoms with Crippen molar-refractivity contribution < 1.29 is 37.7 Å². The minimum Gasteiger partial charge on any atom is -0.481 e. The van der Waals surface area contributed by atoms with Crippen molar-refractivity contribution in [2.45, 2.75) is 94.5 Å². The second-order valence-electron chi connectivity index (χ2n) is 17.4. The number of amides is 2. The number of carboxylic acid groups (broad SMARTS) is 1. The predicted molar refractivity (Wildman–Crippen MR) is 229 cm³/mol. The third kappa shape index (κ3) is 9.02. The highest BCUT2D eigenvalue weighted by Crippen LogP contribution is 2.40. The number of halogens is 2. The standard InChI is InChI=1S/C44H53F2N11O6/c1-52-26-55(36(42(47)60)11-12-38(58)59)35-6-2-4-28(40(35)52)5-3-19-62-31-13-16-53(17-14-31)22-27-7-9-29(10-8-27)57-24-34(39(51-57)41(45)46)49-44(61)33-21-48-56-18-15-37(50-43(33)56)54-23-32-20-30(54)25-63-32/h2,4,6,15,18,21,24,27,29-32,36,41H,7-14,16-17,19-20,22-23,25-26H2,1H3,(H2,47,60)(H,49,61)(H,58,59)/t27?,29?,30-,32-,36?/m1/s1. The Bertz CT molecular complexity index is 2400. The third-order valence-electron chi connectivity index (χ3n) is 13.3. The van der Waals surface area contributed by atoms with Crippen LogP contribution in [0.25, 0.3) is 5.65 Å². The average Bonchev–Trinajstić information content (AvgIpc) is 4.13. The van der Waals surface area contributed by atoms with E-state index < -0.39 is 35.9 Å². The summed E-state index contributed by atoms with van der Waals surface area (Å²) in [7, 11) is 1.91. The van der Waals surface area contributed by atoms with Gasteiger partial charge in [0, 0.05) is 52.0 Å². The number of carbonyl (C=O) groups excluding carboxylic acids is 2. The number of para-hydroxylation sites is 1. The maximum absolute atomic E-state index is 14.3. The highest BCUT2D eigenvalue weighted by Gasteiger charge is 2.40. The number of aromatic nitrogens is 5. The molecule has 1 saturated carbocycles. The molecule has 63 heavy (non-hydrogen) atoms. The van der Waals surface area contributed by atoms with Gasteiger partial charge in [0.05, 0.1) is 66.4 Å². The molecule has 4 aromatic rings. The molecule has 1 aliphatic carbocycles. The predicted octanol–water partition coefficient (Wildman–Crippen LogP) is 4.29. The molecule has 9 rings (SSSR count). The van der Waals surface area contributed by atoms with Gasteiger partial charge in [0.2, 0.25) is 5.91 Å². The van der Waals surface area contributed by atoms with Crippen molar-refractivity contribution in [2.75, 3.05) is 73.1 Å². The first-order valence-corrected chi connectivity index (χ1v) is 21.8. The van der Waals surface area contributed by atoms with Crippen molar-refractivity contribution in [3.8, 4) is 11.8 Å². The number of likely N-dealkylation sites (tertiary alicyclic amines) is 1. The van der Waals surface area contributed by atoms with Crippen LogP contribution in [-0.2, 0) is 19.1 Å². The second-order valence-corrected chi connectivity index (χ2v) is 17.4. The molecule has 0 radical (unpaired) electrons. The topological polar surface area (TPSA) is 189 Å². The first-order chi connectivity index (χ1) is 30.5. The zero-order valence-corrected chi connectivity index (χ0v) is 35.2. The maximum Gasteiger partial charge on any atom is 0.303 e. The number of nitrogens with one attached hydrogen (secondary N) is 1. The van der Waals surface area contributed by atoms with Crippen LogP contribution in [0.3, 0.4) is 0 Å². The van der Waals surface area contributed by atoms with Gasteiger partial charge in [-0.05, 0) is 75.5 Å². The molecule has 17 nitrogen and oxygen atoms in total. The van der Waals surface area contributed by atoms with E-state index in [2.05, 4.69) is 37.2 Å². The summed E-state index contributed by atoms with van der Waals surface area (Å²) in [5, 5.41) is 20.4. The van der Waals surface area contributed by atoms with E-state index >= 15 is 0 Å². The Hall–Kier alpha value is -5.84. The van der Waals surface area contributed by atoms with Crippen LogP contribution in [-0.4, -0.2) is 130 Å². The Balaban J connectivity index is 0.737. The summed E-state index contributed by atoms with van der Waals surface area (Å²) < 4.78 is 43.6. The number of alkyl halides is 2. The zero-order chi connectivity index (χ0) is 43.8. The number of fused-ring (bicyclic) bond motifs is 4. The minimum atomic E-state index is -2.86. The van der Waals surface area contributed by atoms with Gasteiger partial charge in [0.15, 0.2) is 11.3 Å². The lowest BCUT2D eigenvalue weighted by Gasteiger charge is -2.36. The molecule has 4 fully saturated rings. The molecule has 2 bridgehead atoms. The molecule has 1 aromatic carbocycles. The van der Waals surface area contributed by atoms with Crippen LogP contribution in [0, 0.1) is 17.8 Å². The van der Waals surface area contributed by atoms with Gasteiger partial charge >= 0.3 is 5.97 Å². The number of morpholine rings is 1. The third-order valence-corrected chi connectivity index (χ3v) is 13.3. The van der Waals surface area contributed by atoms with Gasteiger partial charge < -0.3 is 45.2 Å². The van der Waals surface area contributed by atoms with E-state index in [0.717, 1.165) is 93.9 Å². The Morgan fingerprint density at radius 3 is 2.62 bits per heavy atom. The quantitative estimate of drug-likeness (QED) is 0.153. The van der Waals surface area contributed by atoms with Crippen LogP contribution in [0.2, 0.25) is 0 Å². The highest BCUT2D eigenvalue weighted by atomic mass is 19.3. The van der Waals surface area contributed by atoms with Crippen LogP contribution in [0.1, 0.15) is 91.9 Å². The molecule has 4 N–H and O–H groups in total. The minimum absolute atomic E-state index is 0.00769. The van der Waals surface area contributed by atoms with Crippen LogP contribution in [0.5, 0.6) is 0 Å². The lowest BCUT2D eigenvalue weighted by molar-refractivity contribution is -0.137. The number of primary amides is 1. The van der Waals surface area contributed by atoms with Gasteiger partial charge in [0.25, 0.3) is 12.3 Å². The van der Waals surface area contributed by atoms with E-state index in [1.807, 2.05) is 41.1 Å². The molecule has 3 saturated heterocycles. The Morgan fingerprint density at radius 1 is 1.10 bits per heavy atom. The normalized spacial score (nSPS) is 23.0. The van der Waals surface area contributed by atoms with Crippen molar-refractivity contribution in [2.24, 2.45) is 11.7 Å². The van der Waals surface area contributed by atoms with Gasteiger partial charge in [0.1, 0.15) is 24.0 Å². The summed E-state index contributed by atoms with van der Waals surface area (Å²) in [6, 6.07) is 7.01. The van der Waals surface area contributed by atoms with Gasteiger partial charge in [-0.1, -0.05) is 17.9 Å². The van der Waals surface area contributed by atoms with Gasteiger partial charge in [-0.25, -0.2) is 18.3 Å². The molecule has 19 heteroatoms. The molecule has 5 aliphatic rings. The van der Waals surface area contributed by atoms with Crippen LogP contribution >= 0.6 is 0 Å². The monoisotopic (exact) mass is 869 g/mol. The van der Waals surface area contributed by atoms with E-state index in [1.165, 1.54) is 16.9 Å². The molecular weight excluding hydrogens is 817 g/mol. The fourth-order valence-electron chi connectivity index (χ4n) is 10.0. The number of carbonyl (C=O) groups is 3. The lowest BCUT2D eigenvalue weighted by Crippen LogP contribution is -2.46. The smallest absolute Gasteiger partial charge is 0.303 e. The largest absolute Gasteiger partial charge is 0.481 e. The highest BCUT2D eigenvalue weighted by molar-refractivity contribution is 6.08. The van der Waals surface area contributed by atoms with Crippen molar-refractivity contribution in [3.05, 3.63) is 59.7 Å². The first kappa shape index (κ1) is 42.5. The fraction of sp³-hybridized carbons (Fsp3) is 0.545. The number of hydrogen-bond donors (Lipinski definition) is 3. The van der Waals surface area contributed by atoms with Crippen LogP contribution in [0.4, 0.5) is 31.7 Å². The number of nitrogens with two attached hydrogens (primary N) is 1. The number of ether oxygens (including phenoxy) is 2. The lowest BCUT2D eigenvalue weighted by atomic mass is 9.85. The molecule has 3 aromatic heterocycles. The van der Waals surface area contributed by atoms with Crippen LogP contribution < -0.4 is 25.8 Å². The van der Waals surface area contributed by atoms with Crippen LogP contribution in [0.15, 0.2) is 42.9 Å². The van der Waals surface area contributed by atoms with Crippen molar-refractivity contribution in [1.29, 1.82) is 0 Å². The molecule has 3 atom stereocenters. The Morgan fingerprint density at radius 2 is 1.90 bits per heavy atom. The molecular formula is C44H53F2N11O6. The van der Waals surface area contributed by atoms with Crippen molar-refractivity contribution in [1.82, 2.24) is 29.3 Å². The Labute approximate surface area is 363 Å². The molecule has 334 valence electrons. The Kier molecular flexibility index (Phi) is 12.2. The second kappa shape index (κ2) is 18.1. The number of piperidine rings is 1. The fourth-order valence-corrected chi connectivity index (χ4v) is 10.0. The molecule has 1 unspecified atom stereocenters. The SMILES string of the molecule is CN1CN(C(CCC(=O)O)C(N)=O)c2cccc(C#CCOC3CCN(CC4CCC(n5cc(NC(=O)c6cnn7ccc(N8C[C@H]9C[C@@H]8CO9)nc67)c(C(F)F)n5)CC4)CC3)c21. The average molecular weight is 870 g/mol. The van der Waals surface area contributed by atoms with Gasteiger partial charge in [-0.15, -0.1) is 0 Å².